The van der Waals surface area contributed by atoms with Crippen LogP contribution in [0.4, 0.5) is 5.69 Å². The molecular weight excluding hydrogens is 414 g/mol. The summed E-state index contributed by atoms with van der Waals surface area (Å²) in [7, 11) is 1.30. The zero-order valence-electron chi connectivity index (χ0n) is 15.4. The molecule has 7 nitrogen and oxygen atoms in total. The molecule has 0 fully saturated rings. The van der Waals surface area contributed by atoms with Crippen LogP contribution in [-0.4, -0.2) is 36.4 Å². The zero-order valence-corrected chi connectivity index (χ0v) is 17.0. The molecule has 0 atom stereocenters. The third kappa shape index (κ3) is 5.19. The molecule has 1 heterocycles. The Kier molecular flexibility index (Phi) is 7.18. The number of nitrogens with one attached hydrogen (secondary N) is 3. The van der Waals surface area contributed by atoms with Gasteiger partial charge in [0.25, 0.3) is 5.91 Å². The highest BCUT2D eigenvalue weighted by atomic mass is 79.9. The smallest absolute Gasteiger partial charge is 0.339 e. The summed E-state index contributed by atoms with van der Waals surface area (Å²) in [6.07, 6.45) is 1.30. The number of anilines is 1. The summed E-state index contributed by atoms with van der Waals surface area (Å²) in [6, 6.07) is 7.11. The predicted molar refractivity (Wildman–Crippen MR) is 106 cm³/mol. The number of aromatic nitrogens is 1. The van der Waals surface area contributed by atoms with Crippen molar-refractivity contribution >= 4 is 39.4 Å². The number of methoxy groups -OCH3 is 1. The second kappa shape index (κ2) is 9.36. The number of rotatable bonds is 7. The Morgan fingerprint density at radius 1 is 1.19 bits per heavy atom. The molecule has 8 heteroatoms. The van der Waals surface area contributed by atoms with Crippen LogP contribution in [0.1, 0.15) is 45.4 Å². The van der Waals surface area contributed by atoms with Crippen molar-refractivity contribution in [2.45, 2.75) is 26.7 Å². The fourth-order valence-electron chi connectivity index (χ4n) is 2.74. The lowest BCUT2D eigenvalue weighted by Gasteiger charge is -2.08. The molecule has 0 unspecified atom stereocenters. The van der Waals surface area contributed by atoms with Gasteiger partial charge in [0.2, 0.25) is 5.91 Å². The van der Waals surface area contributed by atoms with Crippen molar-refractivity contribution in [3.63, 3.8) is 0 Å². The molecule has 3 N–H and O–H groups in total. The lowest BCUT2D eigenvalue weighted by atomic mass is 10.0. The molecular formula is C19H22BrN3O4. The standard InChI is InChI=1S/C19H22BrN3O4/c1-4-5-14-16(19(26)27-3)11(2)22-17(14)18(25)21-10-15(24)23-13-8-6-12(20)7-9-13/h6-9,22H,4-5,10H2,1-3H3,(H,21,25)(H,23,24). The van der Waals surface area contributed by atoms with Crippen molar-refractivity contribution in [3.8, 4) is 0 Å². The van der Waals surface area contributed by atoms with Gasteiger partial charge in [0.1, 0.15) is 5.69 Å². The monoisotopic (exact) mass is 435 g/mol. The third-order valence-electron chi connectivity index (χ3n) is 3.95. The Morgan fingerprint density at radius 3 is 2.44 bits per heavy atom. The number of benzene rings is 1. The summed E-state index contributed by atoms with van der Waals surface area (Å²) in [5.41, 5.74) is 2.46. The Hall–Kier alpha value is -2.61. The topological polar surface area (TPSA) is 100 Å². The molecule has 0 aliphatic heterocycles. The first kappa shape index (κ1) is 20.7. The normalized spacial score (nSPS) is 10.4. The minimum Gasteiger partial charge on any atom is -0.465 e. The highest BCUT2D eigenvalue weighted by Gasteiger charge is 2.24. The molecule has 2 aromatic rings. The van der Waals surface area contributed by atoms with Crippen LogP contribution >= 0.6 is 15.9 Å². The first-order valence-electron chi connectivity index (χ1n) is 8.50. The molecule has 27 heavy (non-hydrogen) atoms. The summed E-state index contributed by atoms with van der Waals surface area (Å²) in [6.45, 7) is 3.48. The summed E-state index contributed by atoms with van der Waals surface area (Å²) in [5, 5.41) is 5.28. The number of ether oxygens (including phenoxy) is 1. The number of halogens is 1. The van der Waals surface area contributed by atoms with E-state index in [1.807, 2.05) is 6.92 Å². The highest BCUT2D eigenvalue weighted by molar-refractivity contribution is 9.10. The van der Waals surface area contributed by atoms with Crippen LogP contribution in [-0.2, 0) is 16.0 Å². The number of carbonyl (C=O) groups is 3. The summed E-state index contributed by atoms with van der Waals surface area (Å²) in [5.74, 6) is -1.28. The maximum atomic E-state index is 12.5. The molecule has 144 valence electrons. The van der Waals surface area contributed by atoms with Crippen LogP contribution in [0.5, 0.6) is 0 Å². The van der Waals surface area contributed by atoms with Crippen molar-refractivity contribution in [2.24, 2.45) is 0 Å². The van der Waals surface area contributed by atoms with Crippen LogP contribution in [0, 0.1) is 6.92 Å². The van der Waals surface area contributed by atoms with Gasteiger partial charge in [-0.25, -0.2) is 4.79 Å². The molecule has 0 bridgehead atoms. The van der Waals surface area contributed by atoms with Gasteiger partial charge in [-0.3, -0.25) is 9.59 Å². The van der Waals surface area contributed by atoms with Crippen molar-refractivity contribution < 1.29 is 19.1 Å². The minimum atomic E-state index is -0.487. The van der Waals surface area contributed by atoms with Crippen LogP contribution in [0.15, 0.2) is 28.7 Å². The molecule has 1 aromatic heterocycles. The van der Waals surface area contributed by atoms with E-state index in [1.54, 1.807) is 31.2 Å². The van der Waals surface area contributed by atoms with Gasteiger partial charge in [-0.15, -0.1) is 0 Å². The van der Waals surface area contributed by atoms with E-state index in [0.717, 1.165) is 10.9 Å². The highest BCUT2D eigenvalue weighted by Crippen LogP contribution is 2.21. The van der Waals surface area contributed by atoms with E-state index in [-0.39, 0.29) is 18.1 Å². The molecule has 2 rings (SSSR count). The number of carbonyl (C=O) groups excluding carboxylic acids is 3. The van der Waals surface area contributed by atoms with Gasteiger partial charge in [0, 0.05) is 15.9 Å². The Bertz CT molecular complexity index is 843. The van der Waals surface area contributed by atoms with Gasteiger partial charge >= 0.3 is 5.97 Å². The van der Waals surface area contributed by atoms with Gasteiger partial charge < -0.3 is 20.4 Å². The van der Waals surface area contributed by atoms with Gasteiger partial charge in [0.15, 0.2) is 0 Å². The zero-order chi connectivity index (χ0) is 20.0. The molecule has 0 aliphatic carbocycles. The van der Waals surface area contributed by atoms with E-state index < -0.39 is 11.9 Å². The molecule has 1 aromatic carbocycles. The Balaban J connectivity index is 2.07. The number of esters is 1. The lowest BCUT2D eigenvalue weighted by Crippen LogP contribution is -2.33. The van der Waals surface area contributed by atoms with Crippen LogP contribution in [0.3, 0.4) is 0 Å². The third-order valence-corrected chi connectivity index (χ3v) is 4.47. The summed E-state index contributed by atoms with van der Waals surface area (Å²) in [4.78, 5) is 39.5. The van der Waals surface area contributed by atoms with E-state index >= 15 is 0 Å². The van der Waals surface area contributed by atoms with Crippen molar-refractivity contribution in [3.05, 3.63) is 51.3 Å². The summed E-state index contributed by atoms with van der Waals surface area (Å²) >= 11 is 3.32. The second-order valence-corrected chi connectivity index (χ2v) is 6.87. The van der Waals surface area contributed by atoms with Crippen molar-refractivity contribution in [2.75, 3.05) is 19.0 Å². The number of hydrogen-bond acceptors (Lipinski definition) is 4. The van der Waals surface area contributed by atoms with Crippen molar-refractivity contribution in [1.82, 2.24) is 10.3 Å². The molecule has 0 radical (unpaired) electrons. The largest absolute Gasteiger partial charge is 0.465 e. The number of aromatic amines is 1. The molecule has 0 aliphatic rings. The van der Waals surface area contributed by atoms with Gasteiger partial charge in [0.05, 0.1) is 19.2 Å². The first-order valence-corrected chi connectivity index (χ1v) is 9.30. The van der Waals surface area contributed by atoms with Gasteiger partial charge in [-0.05, 0) is 43.2 Å². The summed E-state index contributed by atoms with van der Waals surface area (Å²) < 4.78 is 5.72. The SMILES string of the molecule is CCCc1c(C(=O)NCC(=O)Nc2ccc(Br)cc2)[nH]c(C)c1C(=O)OC. The quantitative estimate of drug-likeness (QED) is 0.581. The fraction of sp³-hybridized carbons (Fsp3) is 0.316. The lowest BCUT2D eigenvalue weighted by molar-refractivity contribution is -0.115. The maximum absolute atomic E-state index is 12.5. The molecule has 0 spiro atoms. The number of amides is 2. The number of aryl methyl sites for hydroxylation is 1. The fourth-order valence-corrected chi connectivity index (χ4v) is 3.00. The predicted octanol–water partition coefficient (Wildman–Crippen LogP) is 3.19. The Morgan fingerprint density at radius 2 is 1.85 bits per heavy atom. The van der Waals surface area contributed by atoms with E-state index in [9.17, 15) is 14.4 Å². The number of H-pyrrole nitrogens is 1. The molecule has 0 saturated heterocycles. The van der Waals surface area contributed by atoms with Gasteiger partial charge in [-0.1, -0.05) is 29.3 Å². The average Bonchev–Trinajstić information content (AvgIpc) is 2.97. The van der Waals surface area contributed by atoms with E-state index in [1.165, 1.54) is 7.11 Å². The van der Waals surface area contributed by atoms with Crippen LogP contribution in [0.2, 0.25) is 0 Å². The minimum absolute atomic E-state index is 0.188. The van der Waals surface area contributed by atoms with Crippen LogP contribution in [0.25, 0.3) is 0 Å². The first-order chi connectivity index (χ1) is 12.9. The number of hydrogen-bond donors (Lipinski definition) is 3. The Labute approximate surface area is 166 Å². The maximum Gasteiger partial charge on any atom is 0.339 e. The van der Waals surface area contributed by atoms with E-state index in [0.29, 0.717) is 28.9 Å². The van der Waals surface area contributed by atoms with Crippen molar-refractivity contribution in [1.29, 1.82) is 0 Å². The average molecular weight is 436 g/mol. The molecule has 0 saturated carbocycles. The van der Waals surface area contributed by atoms with Crippen LogP contribution < -0.4 is 10.6 Å². The second-order valence-electron chi connectivity index (χ2n) is 5.96. The van der Waals surface area contributed by atoms with E-state index in [2.05, 4.69) is 31.5 Å². The van der Waals surface area contributed by atoms with Gasteiger partial charge in [-0.2, -0.15) is 0 Å². The van der Waals surface area contributed by atoms with E-state index in [4.69, 9.17) is 4.74 Å². The molecule has 2 amide bonds.